The number of nitrogens with zero attached hydrogens (tertiary/aromatic N) is 3. The molecule has 1 saturated heterocycles. The summed E-state index contributed by atoms with van der Waals surface area (Å²) in [5.41, 5.74) is 5.17. The molecule has 1 amide bonds. The SMILES string of the molecule is CC1C(C(=O)NN2CCCC2)=NN(c2ccc(Cl)cc2Cl)[C@@H]1c1ccc(Cl)cc1. The molecule has 0 saturated carbocycles. The molecule has 0 radical (unpaired) electrons. The zero-order valence-electron chi connectivity index (χ0n) is 15.9. The van der Waals surface area contributed by atoms with Gasteiger partial charge in [0.1, 0.15) is 5.71 Å². The number of hydrogen-bond acceptors (Lipinski definition) is 4. The van der Waals surface area contributed by atoms with Crippen molar-refractivity contribution in [3.63, 3.8) is 0 Å². The van der Waals surface area contributed by atoms with Crippen LogP contribution in [0.2, 0.25) is 15.1 Å². The van der Waals surface area contributed by atoms with E-state index in [4.69, 9.17) is 39.9 Å². The highest BCUT2D eigenvalue weighted by atomic mass is 35.5. The van der Waals surface area contributed by atoms with Crippen molar-refractivity contribution in [1.82, 2.24) is 10.4 Å². The highest BCUT2D eigenvalue weighted by molar-refractivity contribution is 6.41. The Hall–Kier alpha value is -1.79. The maximum Gasteiger partial charge on any atom is 0.282 e. The number of hydrazone groups is 1. The molecule has 1 unspecified atom stereocenters. The fraction of sp³-hybridized carbons (Fsp3) is 0.333. The molecule has 1 N–H and O–H groups in total. The molecule has 2 aromatic rings. The number of amides is 1. The van der Waals surface area contributed by atoms with Crippen molar-refractivity contribution in [2.75, 3.05) is 18.1 Å². The van der Waals surface area contributed by atoms with Crippen LogP contribution in [-0.2, 0) is 4.79 Å². The smallest absolute Gasteiger partial charge is 0.282 e. The van der Waals surface area contributed by atoms with E-state index in [0.717, 1.165) is 31.5 Å². The standard InChI is InChI=1S/C21H21Cl3N4O/c1-13-19(21(29)26-27-10-2-3-11-27)25-28(18-9-8-16(23)12-17(18)24)20(13)14-4-6-15(22)7-5-14/h4-9,12-13,20H,2-3,10-11H2,1H3,(H,26,29)/t13?,20-/m0/s1. The first kappa shape index (κ1) is 20.5. The number of rotatable bonds is 4. The molecular weight excluding hydrogens is 431 g/mol. The summed E-state index contributed by atoms with van der Waals surface area (Å²) in [7, 11) is 0. The van der Waals surface area contributed by atoms with E-state index < -0.39 is 0 Å². The van der Waals surface area contributed by atoms with Gasteiger partial charge in [0.15, 0.2) is 0 Å². The van der Waals surface area contributed by atoms with Gasteiger partial charge < -0.3 is 0 Å². The van der Waals surface area contributed by atoms with Crippen LogP contribution in [0.25, 0.3) is 0 Å². The largest absolute Gasteiger partial charge is 0.284 e. The average molecular weight is 452 g/mol. The van der Waals surface area contributed by atoms with Gasteiger partial charge in [-0.3, -0.25) is 15.2 Å². The second kappa shape index (κ2) is 8.52. The van der Waals surface area contributed by atoms with Crippen LogP contribution in [0.5, 0.6) is 0 Å². The highest BCUT2D eigenvalue weighted by Crippen LogP contribution is 2.42. The molecule has 2 aromatic carbocycles. The quantitative estimate of drug-likeness (QED) is 0.684. The van der Waals surface area contributed by atoms with Crippen molar-refractivity contribution in [2.24, 2.45) is 11.0 Å². The average Bonchev–Trinajstić information content (AvgIpc) is 3.30. The van der Waals surface area contributed by atoms with Gasteiger partial charge >= 0.3 is 0 Å². The lowest BCUT2D eigenvalue weighted by molar-refractivity contribution is -0.119. The van der Waals surface area contributed by atoms with Gasteiger partial charge in [0.05, 0.1) is 16.8 Å². The molecule has 2 atom stereocenters. The van der Waals surface area contributed by atoms with E-state index >= 15 is 0 Å². The minimum Gasteiger partial charge on any atom is -0.284 e. The summed E-state index contributed by atoms with van der Waals surface area (Å²) in [4.78, 5) is 13.0. The molecule has 2 heterocycles. The lowest BCUT2D eigenvalue weighted by atomic mass is 9.91. The first-order valence-electron chi connectivity index (χ1n) is 9.58. The minimum absolute atomic E-state index is 0.148. The first-order chi connectivity index (χ1) is 13.9. The zero-order valence-corrected chi connectivity index (χ0v) is 18.2. The van der Waals surface area contributed by atoms with E-state index in [0.29, 0.717) is 26.5 Å². The van der Waals surface area contributed by atoms with Gasteiger partial charge in [0, 0.05) is 29.1 Å². The van der Waals surface area contributed by atoms with E-state index in [2.05, 4.69) is 5.43 Å². The van der Waals surface area contributed by atoms with Crippen molar-refractivity contribution in [3.8, 4) is 0 Å². The summed E-state index contributed by atoms with van der Waals surface area (Å²) in [5.74, 6) is -0.323. The van der Waals surface area contributed by atoms with Crippen molar-refractivity contribution in [2.45, 2.75) is 25.8 Å². The minimum atomic E-state index is -0.190. The summed E-state index contributed by atoms with van der Waals surface area (Å²) < 4.78 is 0. The fourth-order valence-electron chi connectivity index (χ4n) is 3.87. The number of anilines is 1. The number of carbonyl (C=O) groups excluding carboxylic acids is 1. The van der Waals surface area contributed by atoms with Crippen molar-refractivity contribution < 1.29 is 4.79 Å². The molecule has 0 bridgehead atoms. The Kier molecular flexibility index (Phi) is 6.02. The molecular formula is C21H21Cl3N4O. The summed E-state index contributed by atoms with van der Waals surface area (Å²) in [6.07, 6.45) is 2.17. The summed E-state index contributed by atoms with van der Waals surface area (Å²) in [5, 5.41) is 10.1. The van der Waals surface area contributed by atoms with Crippen molar-refractivity contribution in [1.29, 1.82) is 0 Å². The summed E-state index contributed by atoms with van der Waals surface area (Å²) in [6.45, 7) is 3.73. The van der Waals surface area contributed by atoms with Gasteiger partial charge in [-0.2, -0.15) is 5.10 Å². The summed E-state index contributed by atoms with van der Waals surface area (Å²) in [6, 6.07) is 12.7. The van der Waals surface area contributed by atoms with Gasteiger partial charge in [-0.15, -0.1) is 0 Å². The molecule has 152 valence electrons. The molecule has 29 heavy (non-hydrogen) atoms. The molecule has 0 aliphatic carbocycles. The number of hydrogen-bond donors (Lipinski definition) is 1. The maximum atomic E-state index is 13.0. The van der Waals surface area contributed by atoms with E-state index in [1.165, 1.54) is 0 Å². The molecule has 1 fully saturated rings. The van der Waals surface area contributed by atoms with Crippen LogP contribution in [0.4, 0.5) is 5.69 Å². The third-order valence-electron chi connectivity index (χ3n) is 5.35. The van der Waals surface area contributed by atoms with Crippen molar-refractivity contribution in [3.05, 3.63) is 63.1 Å². The van der Waals surface area contributed by atoms with Gasteiger partial charge in [-0.1, -0.05) is 53.9 Å². The van der Waals surface area contributed by atoms with Gasteiger partial charge in [0.2, 0.25) is 0 Å². The molecule has 0 spiro atoms. The number of carbonyl (C=O) groups is 1. The number of nitrogens with one attached hydrogen (secondary N) is 1. The molecule has 8 heteroatoms. The molecule has 2 aliphatic heterocycles. The van der Waals surface area contributed by atoms with Crippen LogP contribution < -0.4 is 10.4 Å². The van der Waals surface area contributed by atoms with Gasteiger partial charge in [0.25, 0.3) is 5.91 Å². The normalized spacial score (nSPS) is 22.1. The Morgan fingerprint density at radius 3 is 2.34 bits per heavy atom. The second-order valence-electron chi connectivity index (χ2n) is 7.35. The number of halogens is 3. The predicted octanol–water partition coefficient (Wildman–Crippen LogP) is 5.33. The van der Waals surface area contributed by atoms with Crippen LogP contribution in [0.1, 0.15) is 31.4 Å². The van der Waals surface area contributed by atoms with E-state index in [1.54, 1.807) is 12.1 Å². The predicted molar refractivity (Wildman–Crippen MR) is 119 cm³/mol. The molecule has 0 aromatic heterocycles. The molecule has 2 aliphatic rings. The van der Waals surface area contributed by atoms with Gasteiger partial charge in [-0.05, 0) is 48.7 Å². The Labute approximate surface area is 185 Å². The van der Waals surface area contributed by atoms with Crippen LogP contribution in [0.15, 0.2) is 47.6 Å². The van der Waals surface area contributed by atoms with Crippen LogP contribution in [0, 0.1) is 5.92 Å². The van der Waals surface area contributed by atoms with Gasteiger partial charge in [-0.25, -0.2) is 5.01 Å². The van der Waals surface area contributed by atoms with E-state index in [1.807, 2.05) is 47.3 Å². The Bertz CT molecular complexity index is 941. The van der Waals surface area contributed by atoms with E-state index in [-0.39, 0.29) is 17.9 Å². The van der Waals surface area contributed by atoms with Crippen LogP contribution in [-0.4, -0.2) is 29.7 Å². The lowest BCUT2D eigenvalue weighted by Crippen LogP contribution is -2.44. The Morgan fingerprint density at radius 2 is 1.69 bits per heavy atom. The maximum absolute atomic E-state index is 13.0. The lowest BCUT2D eigenvalue weighted by Gasteiger charge is -2.27. The second-order valence-corrected chi connectivity index (χ2v) is 8.63. The Balaban J connectivity index is 1.70. The Morgan fingerprint density at radius 1 is 1.03 bits per heavy atom. The number of benzene rings is 2. The number of hydrazine groups is 1. The third-order valence-corrected chi connectivity index (χ3v) is 6.14. The van der Waals surface area contributed by atoms with E-state index in [9.17, 15) is 4.79 Å². The van der Waals surface area contributed by atoms with Crippen LogP contribution >= 0.6 is 34.8 Å². The van der Waals surface area contributed by atoms with Crippen LogP contribution in [0.3, 0.4) is 0 Å². The zero-order chi connectivity index (χ0) is 20.5. The topological polar surface area (TPSA) is 47.9 Å². The third kappa shape index (κ3) is 4.24. The fourth-order valence-corrected chi connectivity index (χ4v) is 4.49. The summed E-state index contributed by atoms with van der Waals surface area (Å²) >= 11 is 18.6. The van der Waals surface area contributed by atoms with Crippen molar-refractivity contribution >= 4 is 52.1 Å². The first-order valence-corrected chi connectivity index (χ1v) is 10.7. The monoisotopic (exact) mass is 450 g/mol. The molecule has 4 rings (SSSR count). The molecule has 5 nitrogen and oxygen atoms in total. The highest BCUT2D eigenvalue weighted by Gasteiger charge is 2.40.